The van der Waals surface area contributed by atoms with E-state index in [4.69, 9.17) is 5.73 Å². The van der Waals surface area contributed by atoms with E-state index >= 15 is 0 Å². The molecule has 0 aromatic heterocycles. The number of carbonyl (C=O) groups is 1. The summed E-state index contributed by atoms with van der Waals surface area (Å²) in [4.78, 5) is 24.2. The lowest BCUT2D eigenvalue weighted by molar-refractivity contribution is -0.384. The summed E-state index contributed by atoms with van der Waals surface area (Å²) >= 11 is 0. The van der Waals surface area contributed by atoms with Gasteiger partial charge in [-0.2, -0.15) is 5.26 Å². The maximum atomic E-state index is 12.0. The topological polar surface area (TPSA) is 125 Å². The van der Waals surface area contributed by atoms with E-state index in [-0.39, 0.29) is 23.2 Å². The molecule has 0 saturated carbocycles. The number of amides is 1. The summed E-state index contributed by atoms with van der Waals surface area (Å²) in [6.07, 6.45) is 2.23. The average molecular weight is 331 g/mol. The van der Waals surface area contributed by atoms with Crippen LogP contribution in [0, 0.1) is 21.4 Å². The molecule has 24 heavy (non-hydrogen) atoms. The average Bonchev–Trinajstić information content (AvgIpc) is 3.02. The molecule has 3 N–H and O–H groups in total. The van der Waals surface area contributed by atoms with Crippen LogP contribution in [0.4, 0.5) is 11.4 Å². The second-order valence-electron chi connectivity index (χ2n) is 5.91. The van der Waals surface area contributed by atoms with Crippen molar-refractivity contribution in [3.05, 3.63) is 33.9 Å². The van der Waals surface area contributed by atoms with Crippen LogP contribution in [0.15, 0.2) is 18.2 Å². The first kappa shape index (κ1) is 17.7. The van der Waals surface area contributed by atoms with E-state index in [2.05, 4.69) is 5.32 Å². The van der Waals surface area contributed by atoms with Crippen molar-refractivity contribution in [2.75, 3.05) is 18.0 Å². The third-order valence-electron chi connectivity index (χ3n) is 4.12. The standard InChI is InChI=1S/C16H21N5O3/c1-2-3-14(18)16(22)19-12-6-7-20(10-12)15-5-4-13(21(23)24)8-11(15)9-17/h4-5,8,12,14H,2-3,6-7,10,18H2,1H3,(H,19,22)/t12-,14-/m0/s1. The van der Waals surface area contributed by atoms with Crippen molar-refractivity contribution in [2.45, 2.75) is 38.3 Å². The van der Waals surface area contributed by atoms with Crippen LogP contribution in [0.5, 0.6) is 0 Å². The zero-order valence-corrected chi connectivity index (χ0v) is 13.6. The molecule has 0 spiro atoms. The first-order valence-corrected chi connectivity index (χ1v) is 7.95. The summed E-state index contributed by atoms with van der Waals surface area (Å²) in [6.45, 7) is 3.19. The number of benzene rings is 1. The summed E-state index contributed by atoms with van der Waals surface area (Å²) in [7, 11) is 0. The van der Waals surface area contributed by atoms with Crippen LogP contribution in [-0.4, -0.2) is 36.0 Å². The number of rotatable bonds is 6. The molecule has 1 fully saturated rings. The Balaban J connectivity index is 2.04. The van der Waals surface area contributed by atoms with Crippen molar-refractivity contribution >= 4 is 17.3 Å². The van der Waals surface area contributed by atoms with Gasteiger partial charge in [0.15, 0.2) is 0 Å². The van der Waals surface area contributed by atoms with E-state index in [0.717, 1.165) is 12.8 Å². The van der Waals surface area contributed by atoms with Gasteiger partial charge in [0.25, 0.3) is 5.69 Å². The normalized spacial score (nSPS) is 18.0. The number of nitrogens with one attached hydrogen (secondary N) is 1. The maximum Gasteiger partial charge on any atom is 0.270 e. The van der Waals surface area contributed by atoms with Gasteiger partial charge in [-0.25, -0.2) is 0 Å². The van der Waals surface area contributed by atoms with Crippen LogP contribution in [0.3, 0.4) is 0 Å². The molecule has 2 atom stereocenters. The Morgan fingerprint density at radius 2 is 2.38 bits per heavy atom. The lowest BCUT2D eigenvalue weighted by atomic mass is 10.1. The van der Waals surface area contributed by atoms with Gasteiger partial charge < -0.3 is 16.0 Å². The van der Waals surface area contributed by atoms with Crippen LogP contribution in [0.2, 0.25) is 0 Å². The zero-order valence-electron chi connectivity index (χ0n) is 13.6. The summed E-state index contributed by atoms with van der Waals surface area (Å²) in [5, 5.41) is 23.0. The molecule has 0 bridgehead atoms. The molecule has 1 aromatic carbocycles. The minimum atomic E-state index is -0.521. The highest BCUT2D eigenvalue weighted by molar-refractivity contribution is 5.81. The molecule has 1 aliphatic rings. The highest BCUT2D eigenvalue weighted by atomic mass is 16.6. The molecular formula is C16H21N5O3. The number of anilines is 1. The van der Waals surface area contributed by atoms with Gasteiger partial charge in [0.05, 0.1) is 22.2 Å². The summed E-state index contributed by atoms with van der Waals surface area (Å²) in [5.41, 5.74) is 6.62. The number of non-ortho nitro benzene ring substituents is 1. The van der Waals surface area contributed by atoms with Gasteiger partial charge in [0.2, 0.25) is 5.91 Å². The van der Waals surface area contributed by atoms with E-state index in [1.807, 2.05) is 17.9 Å². The molecule has 1 saturated heterocycles. The van der Waals surface area contributed by atoms with Crippen LogP contribution in [0.1, 0.15) is 31.7 Å². The van der Waals surface area contributed by atoms with E-state index in [0.29, 0.717) is 25.2 Å². The smallest absolute Gasteiger partial charge is 0.270 e. The molecule has 1 heterocycles. The number of hydrogen-bond acceptors (Lipinski definition) is 6. The van der Waals surface area contributed by atoms with Gasteiger partial charge in [0, 0.05) is 31.3 Å². The third-order valence-corrected chi connectivity index (χ3v) is 4.12. The van der Waals surface area contributed by atoms with Gasteiger partial charge in [-0.05, 0) is 18.9 Å². The summed E-state index contributed by atoms with van der Waals surface area (Å²) in [5.74, 6) is -0.159. The van der Waals surface area contributed by atoms with Crippen molar-refractivity contribution < 1.29 is 9.72 Å². The molecule has 128 valence electrons. The number of nitro groups is 1. The third kappa shape index (κ3) is 4.00. The van der Waals surface area contributed by atoms with E-state index in [9.17, 15) is 20.2 Å². The molecule has 0 aliphatic carbocycles. The fourth-order valence-electron chi connectivity index (χ4n) is 2.85. The monoisotopic (exact) mass is 331 g/mol. The minimum Gasteiger partial charge on any atom is -0.368 e. The fourth-order valence-corrected chi connectivity index (χ4v) is 2.85. The summed E-state index contributed by atoms with van der Waals surface area (Å²) in [6, 6.07) is 5.71. The zero-order chi connectivity index (χ0) is 17.7. The largest absolute Gasteiger partial charge is 0.368 e. The second kappa shape index (κ2) is 7.75. The minimum absolute atomic E-state index is 0.0397. The lowest BCUT2D eigenvalue weighted by Crippen LogP contribution is -2.46. The van der Waals surface area contributed by atoms with Crippen LogP contribution < -0.4 is 16.0 Å². The number of nitriles is 1. The number of nitrogens with zero attached hydrogens (tertiary/aromatic N) is 3. The Hall–Kier alpha value is -2.66. The van der Waals surface area contributed by atoms with Crippen molar-refractivity contribution in [1.29, 1.82) is 5.26 Å². The van der Waals surface area contributed by atoms with Gasteiger partial charge >= 0.3 is 0 Å². The Labute approximate surface area is 140 Å². The molecule has 2 rings (SSSR count). The molecule has 8 nitrogen and oxygen atoms in total. The second-order valence-corrected chi connectivity index (χ2v) is 5.91. The number of hydrogen-bond donors (Lipinski definition) is 2. The predicted molar refractivity (Wildman–Crippen MR) is 89.5 cm³/mol. The first-order valence-electron chi connectivity index (χ1n) is 7.95. The molecule has 1 amide bonds. The van der Waals surface area contributed by atoms with Gasteiger partial charge in [-0.1, -0.05) is 13.3 Å². The SMILES string of the molecule is CCC[C@H](N)C(=O)N[C@H]1CCN(c2ccc([N+](=O)[O-])cc2C#N)C1. The van der Waals surface area contributed by atoms with Crippen molar-refractivity contribution in [3.8, 4) is 6.07 Å². The predicted octanol–water partition coefficient (Wildman–Crippen LogP) is 1.29. The lowest BCUT2D eigenvalue weighted by Gasteiger charge is -2.21. The highest BCUT2D eigenvalue weighted by Crippen LogP contribution is 2.27. The maximum absolute atomic E-state index is 12.0. The molecule has 0 unspecified atom stereocenters. The van der Waals surface area contributed by atoms with Gasteiger partial charge in [-0.3, -0.25) is 14.9 Å². The Morgan fingerprint density at radius 3 is 3.00 bits per heavy atom. The van der Waals surface area contributed by atoms with Crippen LogP contribution in [0.25, 0.3) is 0 Å². The van der Waals surface area contributed by atoms with E-state index < -0.39 is 11.0 Å². The van der Waals surface area contributed by atoms with Crippen molar-refractivity contribution in [1.82, 2.24) is 5.32 Å². The Kier molecular flexibility index (Phi) is 5.71. The van der Waals surface area contributed by atoms with Crippen molar-refractivity contribution in [2.24, 2.45) is 5.73 Å². The number of carbonyl (C=O) groups excluding carboxylic acids is 1. The summed E-state index contributed by atoms with van der Waals surface area (Å²) < 4.78 is 0. The molecule has 1 aliphatic heterocycles. The van der Waals surface area contributed by atoms with Gasteiger partial charge in [-0.15, -0.1) is 0 Å². The molecule has 1 aromatic rings. The molecule has 0 radical (unpaired) electrons. The van der Waals surface area contributed by atoms with E-state index in [1.165, 1.54) is 12.1 Å². The quantitative estimate of drug-likeness (QED) is 0.597. The van der Waals surface area contributed by atoms with Gasteiger partial charge in [0.1, 0.15) is 6.07 Å². The molecular weight excluding hydrogens is 310 g/mol. The Bertz CT molecular complexity index is 670. The number of nitro benzene ring substituents is 1. The number of nitrogens with two attached hydrogens (primary N) is 1. The van der Waals surface area contributed by atoms with E-state index in [1.54, 1.807) is 6.07 Å². The van der Waals surface area contributed by atoms with Crippen molar-refractivity contribution in [3.63, 3.8) is 0 Å². The highest BCUT2D eigenvalue weighted by Gasteiger charge is 2.27. The van der Waals surface area contributed by atoms with Crippen LogP contribution in [-0.2, 0) is 4.79 Å². The molecule has 8 heteroatoms. The Morgan fingerprint density at radius 1 is 1.62 bits per heavy atom. The van der Waals surface area contributed by atoms with Crippen LogP contribution >= 0.6 is 0 Å². The fraction of sp³-hybridized carbons (Fsp3) is 0.500. The first-order chi connectivity index (χ1) is 11.5.